The third-order valence-corrected chi connectivity index (χ3v) is 4.74. The molecular formula is C16H20BrNS. The number of rotatable bonds is 6. The summed E-state index contributed by atoms with van der Waals surface area (Å²) in [5.74, 6) is 0. The predicted molar refractivity (Wildman–Crippen MR) is 87.9 cm³/mol. The monoisotopic (exact) mass is 337 g/mol. The Labute approximate surface area is 128 Å². The minimum atomic E-state index is 0.383. The van der Waals surface area contributed by atoms with Gasteiger partial charge in [0.1, 0.15) is 0 Å². The second-order valence-corrected chi connectivity index (χ2v) is 6.70. The lowest BCUT2D eigenvalue weighted by atomic mass is 10.0. The van der Waals surface area contributed by atoms with Crippen molar-refractivity contribution in [3.05, 3.63) is 56.2 Å². The van der Waals surface area contributed by atoms with Crippen molar-refractivity contribution >= 4 is 27.3 Å². The Balaban J connectivity index is 2.20. The molecule has 0 spiro atoms. The molecule has 1 nitrogen and oxygen atoms in total. The minimum Gasteiger partial charge on any atom is -0.310 e. The largest absolute Gasteiger partial charge is 0.310 e. The maximum atomic E-state index is 3.71. The van der Waals surface area contributed by atoms with Crippen molar-refractivity contribution in [3.63, 3.8) is 0 Å². The highest BCUT2D eigenvalue weighted by Crippen LogP contribution is 2.28. The molecular weight excluding hydrogens is 318 g/mol. The molecule has 1 atom stereocenters. The van der Waals surface area contributed by atoms with Crippen LogP contribution in [0.1, 0.15) is 35.4 Å². The van der Waals surface area contributed by atoms with Gasteiger partial charge < -0.3 is 5.32 Å². The third kappa shape index (κ3) is 4.16. The zero-order valence-corrected chi connectivity index (χ0v) is 13.9. The number of hydrogen-bond donors (Lipinski definition) is 1. The second-order valence-electron chi connectivity index (χ2n) is 4.82. The molecule has 0 amide bonds. The van der Waals surface area contributed by atoms with Crippen LogP contribution < -0.4 is 5.32 Å². The van der Waals surface area contributed by atoms with Crippen LogP contribution in [-0.4, -0.2) is 6.54 Å². The Morgan fingerprint density at radius 3 is 2.79 bits per heavy atom. The van der Waals surface area contributed by atoms with E-state index in [1.54, 1.807) is 0 Å². The van der Waals surface area contributed by atoms with Crippen molar-refractivity contribution in [1.82, 2.24) is 5.32 Å². The number of nitrogens with one attached hydrogen (secondary N) is 1. The average Bonchev–Trinajstić information content (AvgIpc) is 2.88. The summed E-state index contributed by atoms with van der Waals surface area (Å²) >= 11 is 5.54. The van der Waals surface area contributed by atoms with Crippen LogP contribution in [-0.2, 0) is 6.42 Å². The van der Waals surface area contributed by atoms with Crippen LogP contribution >= 0.6 is 27.3 Å². The summed E-state index contributed by atoms with van der Waals surface area (Å²) in [6.07, 6.45) is 2.21. The molecule has 0 aliphatic carbocycles. The molecule has 2 aromatic rings. The van der Waals surface area contributed by atoms with Crippen LogP contribution in [0.2, 0.25) is 0 Å². The van der Waals surface area contributed by atoms with Crippen LogP contribution in [0.25, 0.3) is 0 Å². The first-order valence-corrected chi connectivity index (χ1v) is 8.39. The molecule has 102 valence electrons. The lowest BCUT2D eigenvalue weighted by Gasteiger charge is -2.20. The van der Waals surface area contributed by atoms with Gasteiger partial charge in [-0.1, -0.05) is 41.1 Å². The first-order valence-electron chi connectivity index (χ1n) is 6.72. The Morgan fingerprint density at radius 2 is 2.16 bits per heavy atom. The minimum absolute atomic E-state index is 0.383. The maximum absolute atomic E-state index is 3.71. The molecule has 0 aliphatic rings. The van der Waals surface area contributed by atoms with Gasteiger partial charge in [-0.3, -0.25) is 0 Å². The molecule has 0 saturated carbocycles. The van der Waals surface area contributed by atoms with Crippen molar-refractivity contribution in [2.75, 3.05) is 6.54 Å². The standard InChI is InChI=1S/C16H20BrNS/c1-3-8-18-16(11-13-5-4-9-19-13)14-7-6-12(2)10-15(14)17/h4-7,9-10,16,18H,3,8,11H2,1-2H3. The summed E-state index contributed by atoms with van der Waals surface area (Å²) in [7, 11) is 0. The van der Waals surface area contributed by atoms with E-state index in [1.807, 2.05) is 11.3 Å². The van der Waals surface area contributed by atoms with E-state index in [2.05, 4.69) is 70.8 Å². The molecule has 0 aliphatic heterocycles. The van der Waals surface area contributed by atoms with E-state index < -0.39 is 0 Å². The zero-order valence-electron chi connectivity index (χ0n) is 11.4. The molecule has 19 heavy (non-hydrogen) atoms. The fraction of sp³-hybridized carbons (Fsp3) is 0.375. The molecule has 0 fully saturated rings. The van der Waals surface area contributed by atoms with Crippen molar-refractivity contribution in [2.24, 2.45) is 0 Å². The average molecular weight is 338 g/mol. The van der Waals surface area contributed by atoms with E-state index in [1.165, 1.54) is 20.5 Å². The highest BCUT2D eigenvalue weighted by molar-refractivity contribution is 9.10. The number of aryl methyl sites for hydroxylation is 1. The summed E-state index contributed by atoms with van der Waals surface area (Å²) in [5, 5.41) is 5.81. The number of benzene rings is 1. The number of halogens is 1. The van der Waals surface area contributed by atoms with Crippen molar-refractivity contribution in [1.29, 1.82) is 0 Å². The maximum Gasteiger partial charge on any atom is 0.0380 e. The van der Waals surface area contributed by atoms with Gasteiger partial charge in [0, 0.05) is 21.8 Å². The van der Waals surface area contributed by atoms with Crippen LogP contribution in [0.3, 0.4) is 0 Å². The van der Waals surface area contributed by atoms with Gasteiger partial charge in [-0.15, -0.1) is 11.3 Å². The van der Waals surface area contributed by atoms with Crippen molar-refractivity contribution in [2.45, 2.75) is 32.7 Å². The normalized spacial score (nSPS) is 12.6. The summed E-state index contributed by atoms with van der Waals surface area (Å²) in [6, 6.07) is 11.3. The molecule has 1 unspecified atom stereocenters. The van der Waals surface area contributed by atoms with Gasteiger partial charge in [0.2, 0.25) is 0 Å². The fourth-order valence-corrected chi connectivity index (χ4v) is 3.68. The van der Waals surface area contributed by atoms with Gasteiger partial charge >= 0.3 is 0 Å². The van der Waals surface area contributed by atoms with E-state index in [4.69, 9.17) is 0 Å². The van der Waals surface area contributed by atoms with Gasteiger partial charge in [0.25, 0.3) is 0 Å². The van der Waals surface area contributed by atoms with E-state index >= 15 is 0 Å². The van der Waals surface area contributed by atoms with Gasteiger partial charge in [0.15, 0.2) is 0 Å². The van der Waals surface area contributed by atoms with Crippen LogP contribution in [0.5, 0.6) is 0 Å². The topological polar surface area (TPSA) is 12.0 Å². The molecule has 1 aromatic heterocycles. The summed E-state index contributed by atoms with van der Waals surface area (Å²) in [4.78, 5) is 1.43. The second kappa shape index (κ2) is 7.22. The lowest BCUT2D eigenvalue weighted by Crippen LogP contribution is -2.24. The van der Waals surface area contributed by atoms with E-state index in [0.717, 1.165) is 19.4 Å². The predicted octanol–water partition coefficient (Wildman–Crippen LogP) is 5.10. The first-order chi connectivity index (χ1) is 9.20. The zero-order chi connectivity index (χ0) is 13.7. The van der Waals surface area contributed by atoms with Gasteiger partial charge in [-0.25, -0.2) is 0 Å². The molecule has 0 bridgehead atoms. The summed E-state index contributed by atoms with van der Waals surface area (Å²) < 4.78 is 1.21. The van der Waals surface area contributed by atoms with Crippen LogP contribution in [0.4, 0.5) is 0 Å². The van der Waals surface area contributed by atoms with Crippen molar-refractivity contribution < 1.29 is 0 Å². The van der Waals surface area contributed by atoms with E-state index in [-0.39, 0.29) is 0 Å². The highest BCUT2D eigenvalue weighted by Gasteiger charge is 2.15. The quantitative estimate of drug-likeness (QED) is 0.772. The molecule has 2 rings (SSSR count). The van der Waals surface area contributed by atoms with E-state index in [0.29, 0.717) is 6.04 Å². The smallest absolute Gasteiger partial charge is 0.0380 e. The van der Waals surface area contributed by atoms with Crippen molar-refractivity contribution in [3.8, 4) is 0 Å². The Bertz CT molecular complexity index is 507. The summed E-state index contributed by atoms with van der Waals surface area (Å²) in [6.45, 7) is 5.39. The van der Waals surface area contributed by atoms with Crippen LogP contribution in [0.15, 0.2) is 40.2 Å². The third-order valence-electron chi connectivity index (χ3n) is 3.16. The molecule has 1 aromatic carbocycles. The van der Waals surface area contributed by atoms with Gasteiger partial charge in [-0.05, 0) is 48.5 Å². The van der Waals surface area contributed by atoms with Gasteiger partial charge in [0.05, 0.1) is 0 Å². The van der Waals surface area contributed by atoms with Crippen LogP contribution in [0, 0.1) is 6.92 Å². The van der Waals surface area contributed by atoms with Gasteiger partial charge in [-0.2, -0.15) is 0 Å². The number of thiophene rings is 1. The Hall–Kier alpha value is -0.640. The molecule has 0 radical (unpaired) electrons. The molecule has 0 saturated heterocycles. The summed E-state index contributed by atoms with van der Waals surface area (Å²) in [5.41, 5.74) is 2.65. The molecule has 1 N–H and O–H groups in total. The molecule has 1 heterocycles. The fourth-order valence-electron chi connectivity index (χ4n) is 2.16. The Kier molecular flexibility index (Phi) is 5.61. The Morgan fingerprint density at radius 1 is 1.32 bits per heavy atom. The number of hydrogen-bond acceptors (Lipinski definition) is 2. The molecule has 3 heteroatoms. The first kappa shape index (κ1) is 14.8. The highest BCUT2D eigenvalue weighted by atomic mass is 79.9. The lowest BCUT2D eigenvalue weighted by molar-refractivity contribution is 0.530. The van der Waals surface area contributed by atoms with E-state index in [9.17, 15) is 0 Å². The SMILES string of the molecule is CCCNC(Cc1cccs1)c1ccc(C)cc1Br.